The van der Waals surface area contributed by atoms with Crippen LogP contribution in [0.5, 0.6) is 0 Å². The number of hydrogen-bond acceptors (Lipinski definition) is 3. The van der Waals surface area contributed by atoms with Crippen LogP contribution in [0.2, 0.25) is 0 Å². The van der Waals surface area contributed by atoms with Crippen LogP contribution in [-0.4, -0.2) is 29.5 Å². The summed E-state index contributed by atoms with van der Waals surface area (Å²) in [5, 5.41) is 8.50. The smallest absolute Gasteiger partial charge is 0.191 e. The van der Waals surface area contributed by atoms with Crippen LogP contribution >= 0.6 is 35.3 Å². The number of thiophene rings is 1. The Bertz CT molecular complexity index is 603. The summed E-state index contributed by atoms with van der Waals surface area (Å²) >= 11 is 1.71. The molecule has 0 aliphatic heterocycles. The molecule has 23 heavy (non-hydrogen) atoms. The molecule has 2 rings (SSSR count). The molecule has 0 bridgehead atoms. The number of guanidine groups is 1. The van der Waals surface area contributed by atoms with Crippen molar-refractivity contribution in [3.8, 4) is 0 Å². The van der Waals surface area contributed by atoms with Gasteiger partial charge in [0.05, 0.1) is 6.54 Å². The Balaban J connectivity index is 0.00000264. The van der Waals surface area contributed by atoms with Crippen molar-refractivity contribution in [2.45, 2.75) is 12.3 Å². The molecule has 0 amide bonds. The molecule has 1 aromatic heterocycles. The summed E-state index contributed by atoms with van der Waals surface area (Å²) in [6.45, 7) is 1.40. The summed E-state index contributed by atoms with van der Waals surface area (Å²) in [5.74, 6) is 1.95. The topological polar surface area (TPSA) is 53.5 Å². The van der Waals surface area contributed by atoms with Gasteiger partial charge in [0, 0.05) is 40.8 Å². The Labute approximate surface area is 161 Å². The summed E-state index contributed by atoms with van der Waals surface area (Å²) in [6, 6.07) is 14.0. The first kappa shape index (κ1) is 20.1. The van der Waals surface area contributed by atoms with E-state index in [1.54, 1.807) is 18.4 Å². The Morgan fingerprint density at radius 1 is 1.17 bits per heavy atom. The second-order valence-electron chi connectivity index (χ2n) is 4.71. The summed E-state index contributed by atoms with van der Waals surface area (Å²) < 4.78 is 12.0. The van der Waals surface area contributed by atoms with Gasteiger partial charge in [0.15, 0.2) is 5.96 Å². The van der Waals surface area contributed by atoms with Gasteiger partial charge in [0.1, 0.15) is 0 Å². The van der Waals surface area contributed by atoms with Crippen LogP contribution in [0, 0.1) is 0 Å². The average molecular weight is 463 g/mol. The lowest BCUT2D eigenvalue weighted by Gasteiger charge is -2.11. The summed E-state index contributed by atoms with van der Waals surface area (Å²) in [7, 11) is 0.875. The third-order valence-electron chi connectivity index (χ3n) is 3.03. The molecule has 0 saturated carbocycles. The molecule has 1 heterocycles. The van der Waals surface area contributed by atoms with Crippen molar-refractivity contribution in [1.29, 1.82) is 0 Å². The highest BCUT2D eigenvalue weighted by Crippen LogP contribution is 2.07. The molecule has 0 spiro atoms. The van der Waals surface area contributed by atoms with Crippen molar-refractivity contribution < 1.29 is 4.21 Å². The predicted octanol–water partition coefficient (Wildman–Crippen LogP) is 2.98. The summed E-state index contributed by atoms with van der Waals surface area (Å²) in [4.78, 5) is 5.43. The lowest BCUT2D eigenvalue weighted by Crippen LogP contribution is -2.38. The maximum Gasteiger partial charge on any atom is 0.191 e. The number of benzene rings is 1. The van der Waals surface area contributed by atoms with E-state index in [0.717, 1.165) is 18.1 Å². The fourth-order valence-corrected chi connectivity index (χ4v) is 3.60. The first-order chi connectivity index (χ1) is 10.8. The molecule has 4 nitrogen and oxygen atoms in total. The van der Waals surface area contributed by atoms with Crippen LogP contribution in [-0.2, 0) is 23.1 Å². The highest BCUT2D eigenvalue weighted by molar-refractivity contribution is 14.0. The van der Waals surface area contributed by atoms with Gasteiger partial charge in [0.2, 0.25) is 0 Å². The van der Waals surface area contributed by atoms with Crippen molar-refractivity contribution in [2.24, 2.45) is 4.99 Å². The van der Waals surface area contributed by atoms with E-state index in [-0.39, 0.29) is 24.0 Å². The molecule has 0 fully saturated rings. The van der Waals surface area contributed by atoms with Gasteiger partial charge >= 0.3 is 0 Å². The van der Waals surface area contributed by atoms with Gasteiger partial charge in [-0.15, -0.1) is 35.3 Å². The fraction of sp³-hybridized carbons (Fsp3) is 0.312. The molecule has 1 unspecified atom stereocenters. The molecule has 0 aliphatic carbocycles. The number of aliphatic imine (C=N–C) groups is 1. The molecule has 0 aliphatic rings. The first-order valence-corrected chi connectivity index (χ1v) is 9.50. The van der Waals surface area contributed by atoms with Gasteiger partial charge in [0.25, 0.3) is 0 Å². The second-order valence-corrected chi connectivity index (χ2v) is 7.31. The van der Waals surface area contributed by atoms with Gasteiger partial charge in [-0.1, -0.05) is 36.4 Å². The minimum absolute atomic E-state index is 0. The highest BCUT2D eigenvalue weighted by Gasteiger charge is 2.03. The number of halogens is 1. The Hall–Kier alpha value is -0.930. The van der Waals surface area contributed by atoms with Gasteiger partial charge in [-0.2, -0.15) is 0 Å². The van der Waals surface area contributed by atoms with E-state index in [4.69, 9.17) is 0 Å². The lowest BCUT2D eigenvalue weighted by atomic mass is 10.2. The number of nitrogens with zero attached hydrogens (tertiary/aromatic N) is 1. The zero-order valence-corrected chi connectivity index (χ0v) is 17.0. The highest BCUT2D eigenvalue weighted by atomic mass is 127. The minimum atomic E-state index is -0.866. The van der Waals surface area contributed by atoms with Gasteiger partial charge in [-0.25, -0.2) is 0 Å². The van der Waals surface area contributed by atoms with Crippen molar-refractivity contribution in [3.05, 3.63) is 58.3 Å². The van der Waals surface area contributed by atoms with E-state index < -0.39 is 10.8 Å². The van der Waals surface area contributed by atoms with Crippen LogP contribution in [0.4, 0.5) is 0 Å². The average Bonchev–Trinajstić information content (AvgIpc) is 3.05. The molecular weight excluding hydrogens is 441 g/mol. The maximum atomic E-state index is 12.0. The second kappa shape index (κ2) is 11.6. The normalized spacial score (nSPS) is 12.3. The van der Waals surface area contributed by atoms with Crippen molar-refractivity contribution in [3.63, 3.8) is 0 Å². The molecule has 0 saturated heterocycles. The first-order valence-electron chi connectivity index (χ1n) is 7.13. The zero-order valence-electron chi connectivity index (χ0n) is 13.0. The van der Waals surface area contributed by atoms with Gasteiger partial charge < -0.3 is 10.6 Å². The van der Waals surface area contributed by atoms with E-state index in [9.17, 15) is 4.21 Å². The Morgan fingerprint density at radius 2 is 1.96 bits per heavy atom. The van der Waals surface area contributed by atoms with Gasteiger partial charge in [-0.3, -0.25) is 9.20 Å². The molecule has 0 radical (unpaired) electrons. The minimum Gasteiger partial charge on any atom is -0.355 e. The van der Waals surface area contributed by atoms with Gasteiger partial charge in [-0.05, 0) is 17.0 Å². The third-order valence-corrected chi connectivity index (χ3v) is 5.22. The zero-order chi connectivity index (χ0) is 15.6. The number of nitrogens with one attached hydrogen (secondary N) is 2. The van der Waals surface area contributed by atoms with Crippen LogP contribution in [0.25, 0.3) is 0 Å². The summed E-state index contributed by atoms with van der Waals surface area (Å²) in [6.07, 6.45) is 0. The molecule has 7 heteroatoms. The maximum absolute atomic E-state index is 12.0. The monoisotopic (exact) mass is 463 g/mol. The van der Waals surface area contributed by atoms with Crippen molar-refractivity contribution in [2.75, 3.05) is 19.3 Å². The van der Waals surface area contributed by atoms with E-state index in [2.05, 4.69) is 27.1 Å². The number of hydrogen-bond donors (Lipinski definition) is 2. The standard InChI is InChI=1S/C16H21N3OS2.HI/c1-17-16(19-12-15-8-5-10-21-15)18-9-11-22(20)13-14-6-3-2-4-7-14;/h2-8,10H,9,11-13H2,1H3,(H2,17,18,19);1H. The van der Waals surface area contributed by atoms with Crippen LogP contribution in [0.1, 0.15) is 10.4 Å². The molecule has 2 N–H and O–H groups in total. The molecule has 2 aromatic rings. The summed E-state index contributed by atoms with van der Waals surface area (Å²) in [5.41, 5.74) is 1.11. The molecule has 1 atom stereocenters. The van der Waals surface area contributed by atoms with Crippen LogP contribution in [0.15, 0.2) is 52.8 Å². The lowest BCUT2D eigenvalue weighted by molar-refractivity contribution is 0.680. The fourth-order valence-electron chi connectivity index (χ4n) is 1.92. The van der Waals surface area contributed by atoms with Crippen molar-refractivity contribution >= 4 is 52.1 Å². The predicted molar refractivity (Wildman–Crippen MR) is 111 cm³/mol. The quantitative estimate of drug-likeness (QED) is 0.377. The van der Waals surface area contributed by atoms with Crippen LogP contribution < -0.4 is 10.6 Å². The van der Waals surface area contributed by atoms with E-state index in [1.807, 2.05) is 36.4 Å². The molecule has 1 aromatic carbocycles. The SMILES string of the molecule is CN=C(NCCS(=O)Cc1ccccc1)NCc1cccs1.I. The Morgan fingerprint density at radius 3 is 2.61 bits per heavy atom. The third kappa shape index (κ3) is 7.94. The van der Waals surface area contributed by atoms with Crippen molar-refractivity contribution in [1.82, 2.24) is 10.6 Å². The largest absolute Gasteiger partial charge is 0.355 e. The van der Waals surface area contributed by atoms with E-state index in [1.165, 1.54) is 4.88 Å². The van der Waals surface area contributed by atoms with E-state index >= 15 is 0 Å². The van der Waals surface area contributed by atoms with Crippen LogP contribution in [0.3, 0.4) is 0 Å². The van der Waals surface area contributed by atoms with E-state index in [0.29, 0.717) is 18.1 Å². The Kier molecular flexibility index (Phi) is 10.1. The molecular formula is C16H22IN3OS2. The number of rotatable bonds is 7. The molecule has 126 valence electrons.